The van der Waals surface area contributed by atoms with Crippen LogP contribution in [0.25, 0.3) is 10.9 Å². The summed E-state index contributed by atoms with van der Waals surface area (Å²) >= 11 is 0. The van der Waals surface area contributed by atoms with Crippen LogP contribution < -0.4 is 10.3 Å². The predicted molar refractivity (Wildman–Crippen MR) is 80.3 cm³/mol. The lowest BCUT2D eigenvalue weighted by Gasteiger charge is -2.37. The summed E-state index contributed by atoms with van der Waals surface area (Å²) in [5, 5.41) is 11.5. The molecule has 7 nitrogen and oxygen atoms in total. The third-order valence-corrected chi connectivity index (χ3v) is 3.86. The first-order valence-electron chi connectivity index (χ1n) is 6.88. The van der Waals surface area contributed by atoms with Crippen molar-refractivity contribution >= 4 is 16.6 Å². The molecule has 0 unspecified atom stereocenters. The Labute approximate surface area is 126 Å². The summed E-state index contributed by atoms with van der Waals surface area (Å²) in [6.45, 7) is 3.61. The van der Waals surface area contributed by atoms with E-state index < -0.39 is 4.92 Å². The van der Waals surface area contributed by atoms with Gasteiger partial charge in [0.25, 0.3) is 11.2 Å². The molecular formula is C15H16N2O5. The van der Waals surface area contributed by atoms with Crippen LogP contribution in [0.4, 0.5) is 5.69 Å². The summed E-state index contributed by atoms with van der Waals surface area (Å²) < 4.78 is 12.2. The molecule has 116 valence electrons. The Hall–Kier alpha value is -2.41. The number of aromatic nitrogens is 1. The van der Waals surface area contributed by atoms with Gasteiger partial charge < -0.3 is 14.0 Å². The zero-order valence-electron chi connectivity index (χ0n) is 12.4. The van der Waals surface area contributed by atoms with Gasteiger partial charge >= 0.3 is 0 Å². The van der Waals surface area contributed by atoms with Crippen LogP contribution in [0.15, 0.2) is 29.1 Å². The number of ether oxygens (including phenoxy) is 2. The maximum atomic E-state index is 12.3. The van der Waals surface area contributed by atoms with Crippen molar-refractivity contribution in [1.29, 1.82) is 0 Å². The van der Waals surface area contributed by atoms with Crippen molar-refractivity contribution in [2.75, 3.05) is 19.8 Å². The molecule has 3 rings (SSSR count). The molecule has 0 saturated carbocycles. The number of fused-ring (bicyclic) bond motifs is 1. The smallest absolute Gasteiger partial charge is 0.293 e. The lowest BCUT2D eigenvalue weighted by atomic mass is 9.90. The Kier molecular flexibility index (Phi) is 3.37. The van der Waals surface area contributed by atoms with E-state index in [1.165, 1.54) is 16.7 Å². The average Bonchev–Trinajstić information content (AvgIpc) is 2.47. The molecule has 1 aliphatic rings. The lowest BCUT2D eigenvalue weighted by Crippen LogP contribution is -2.44. The third-order valence-electron chi connectivity index (χ3n) is 3.86. The number of rotatable bonds is 4. The first-order chi connectivity index (χ1) is 10.4. The first kappa shape index (κ1) is 14.5. The average molecular weight is 304 g/mol. The van der Waals surface area contributed by atoms with Crippen LogP contribution in [0.3, 0.4) is 0 Å². The maximum absolute atomic E-state index is 12.3. The largest absolute Gasteiger partial charge is 0.487 e. The second kappa shape index (κ2) is 5.10. The Morgan fingerprint density at radius 3 is 2.73 bits per heavy atom. The van der Waals surface area contributed by atoms with E-state index in [0.717, 1.165) is 0 Å². The molecule has 1 fully saturated rings. The molecule has 7 heteroatoms. The van der Waals surface area contributed by atoms with E-state index in [1.807, 2.05) is 6.92 Å². The minimum Gasteiger partial charge on any atom is -0.487 e. The molecule has 0 radical (unpaired) electrons. The van der Waals surface area contributed by atoms with Crippen LogP contribution in [-0.4, -0.2) is 29.3 Å². The molecule has 22 heavy (non-hydrogen) atoms. The highest BCUT2D eigenvalue weighted by Crippen LogP contribution is 2.28. The highest BCUT2D eigenvalue weighted by molar-refractivity contribution is 5.82. The zero-order valence-corrected chi connectivity index (χ0v) is 12.4. The molecule has 0 bridgehead atoms. The number of nitrogens with zero attached hydrogens (tertiary/aromatic N) is 2. The van der Waals surface area contributed by atoms with E-state index in [0.29, 0.717) is 30.7 Å². The quantitative estimate of drug-likeness (QED) is 0.636. The van der Waals surface area contributed by atoms with Gasteiger partial charge in [0, 0.05) is 30.0 Å². The van der Waals surface area contributed by atoms with Gasteiger partial charge in [0.2, 0.25) is 0 Å². The molecule has 2 heterocycles. The van der Waals surface area contributed by atoms with Crippen molar-refractivity contribution in [1.82, 2.24) is 4.57 Å². The third kappa shape index (κ3) is 2.43. The monoisotopic (exact) mass is 304 g/mol. The fourth-order valence-electron chi connectivity index (χ4n) is 2.44. The number of nitro groups is 1. The fourth-order valence-corrected chi connectivity index (χ4v) is 2.44. The molecule has 0 atom stereocenters. The number of nitro benzene ring substituents is 1. The molecule has 1 aromatic carbocycles. The van der Waals surface area contributed by atoms with Gasteiger partial charge in [0.1, 0.15) is 0 Å². The van der Waals surface area contributed by atoms with Crippen molar-refractivity contribution in [3.8, 4) is 5.75 Å². The van der Waals surface area contributed by atoms with Gasteiger partial charge in [0.15, 0.2) is 5.75 Å². The van der Waals surface area contributed by atoms with Gasteiger partial charge in [-0.1, -0.05) is 6.92 Å². The van der Waals surface area contributed by atoms with Crippen molar-refractivity contribution in [2.45, 2.75) is 6.92 Å². The van der Waals surface area contributed by atoms with Gasteiger partial charge in [-0.15, -0.1) is 0 Å². The molecular weight excluding hydrogens is 288 g/mol. The second-order valence-electron chi connectivity index (χ2n) is 5.97. The van der Waals surface area contributed by atoms with Crippen LogP contribution in [-0.2, 0) is 11.8 Å². The zero-order chi connectivity index (χ0) is 15.9. The van der Waals surface area contributed by atoms with Crippen LogP contribution >= 0.6 is 0 Å². The Morgan fingerprint density at radius 1 is 1.41 bits per heavy atom. The van der Waals surface area contributed by atoms with E-state index in [-0.39, 0.29) is 22.4 Å². The molecule has 1 saturated heterocycles. The van der Waals surface area contributed by atoms with Gasteiger partial charge in [-0.2, -0.15) is 0 Å². The van der Waals surface area contributed by atoms with Crippen molar-refractivity contribution < 1.29 is 14.4 Å². The number of pyridine rings is 1. The predicted octanol–water partition coefficient (Wildman–Crippen LogP) is 1.86. The summed E-state index contributed by atoms with van der Waals surface area (Å²) in [7, 11) is 1.62. The number of aryl methyl sites for hydroxylation is 1. The SMILES string of the molecule is Cn1c(=O)c(OCC2(C)COC2)cc2cc([N+](=O)[O-])ccc21. The van der Waals surface area contributed by atoms with Gasteiger partial charge in [-0.05, 0) is 12.1 Å². The molecule has 0 N–H and O–H groups in total. The molecule has 0 spiro atoms. The number of hydrogen-bond donors (Lipinski definition) is 0. The number of benzene rings is 1. The first-order valence-corrected chi connectivity index (χ1v) is 6.88. The summed E-state index contributed by atoms with van der Waals surface area (Å²) in [6, 6.07) is 5.96. The van der Waals surface area contributed by atoms with E-state index in [2.05, 4.69) is 0 Å². The Bertz CT molecular complexity index is 807. The number of hydrogen-bond acceptors (Lipinski definition) is 5. The van der Waals surface area contributed by atoms with Crippen molar-refractivity contribution in [3.63, 3.8) is 0 Å². The second-order valence-corrected chi connectivity index (χ2v) is 5.97. The molecule has 1 aliphatic heterocycles. The Balaban J connectivity index is 2.00. The van der Waals surface area contributed by atoms with Gasteiger partial charge in [-0.3, -0.25) is 14.9 Å². The molecule has 1 aromatic heterocycles. The van der Waals surface area contributed by atoms with Crippen LogP contribution in [0.2, 0.25) is 0 Å². The summed E-state index contributed by atoms with van der Waals surface area (Å²) in [5.74, 6) is 0.198. The standard InChI is InChI=1S/C15H16N2O5/c1-15(7-21-8-15)9-22-13-6-10-5-11(17(19)20)3-4-12(10)16(2)14(13)18/h3-6H,7-9H2,1-2H3. The minimum atomic E-state index is -0.461. The fraction of sp³-hybridized carbons (Fsp3) is 0.400. The lowest BCUT2D eigenvalue weighted by molar-refractivity contribution is -0.384. The van der Waals surface area contributed by atoms with Crippen LogP contribution in [0.5, 0.6) is 5.75 Å². The number of non-ortho nitro benzene ring substituents is 1. The topological polar surface area (TPSA) is 83.6 Å². The van der Waals surface area contributed by atoms with E-state index >= 15 is 0 Å². The maximum Gasteiger partial charge on any atom is 0.293 e. The normalized spacial score (nSPS) is 16.3. The molecule has 0 aliphatic carbocycles. The van der Waals surface area contributed by atoms with Gasteiger partial charge in [-0.25, -0.2) is 0 Å². The molecule has 2 aromatic rings. The highest BCUT2D eigenvalue weighted by atomic mass is 16.6. The van der Waals surface area contributed by atoms with Gasteiger partial charge in [0.05, 0.1) is 30.3 Å². The van der Waals surface area contributed by atoms with Crippen LogP contribution in [0.1, 0.15) is 6.92 Å². The summed E-state index contributed by atoms with van der Waals surface area (Å²) in [5.41, 5.74) is 0.269. The molecule has 0 amide bonds. The highest BCUT2D eigenvalue weighted by Gasteiger charge is 2.34. The minimum absolute atomic E-state index is 0.0172. The van der Waals surface area contributed by atoms with E-state index in [1.54, 1.807) is 19.2 Å². The summed E-state index contributed by atoms with van der Waals surface area (Å²) in [6.07, 6.45) is 0. The Morgan fingerprint density at radius 2 is 2.14 bits per heavy atom. The van der Waals surface area contributed by atoms with E-state index in [4.69, 9.17) is 9.47 Å². The van der Waals surface area contributed by atoms with Crippen molar-refractivity contribution in [2.24, 2.45) is 12.5 Å². The van der Waals surface area contributed by atoms with E-state index in [9.17, 15) is 14.9 Å². The van der Waals surface area contributed by atoms with Crippen LogP contribution in [0, 0.1) is 15.5 Å². The summed E-state index contributed by atoms with van der Waals surface area (Å²) in [4.78, 5) is 22.7. The van der Waals surface area contributed by atoms with Crippen molar-refractivity contribution in [3.05, 3.63) is 44.7 Å².